The van der Waals surface area contributed by atoms with Gasteiger partial charge in [0, 0.05) is 0 Å². The second-order valence-electron chi connectivity index (χ2n) is 8.74. The normalized spacial score (nSPS) is 12.7. The highest BCUT2D eigenvalue weighted by Crippen LogP contribution is 2.35. The van der Waals surface area contributed by atoms with E-state index < -0.39 is 0 Å². The molecular formula is C28H33N3. The molecule has 0 radical (unpaired) electrons. The summed E-state index contributed by atoms with van der Waals surface area (Å²) in [6.07, 6.45) is 0. The summed E-state index contributed by atoms with van der Waals surface area (Å²) in [5.74, 6) is 0.818. The lowest BCUT2D eigenvalue weighted by atomic mass is 9.93. The van der Waals surface area contributed by atoms with Crippen LogP contribution in [0, 0.1) is 6.92 Å². The minimum absolute atomic E-state index is 0.409. The van der Waals surface area contributed by atoms with Gasteiger partial charge in [-0.15, -0.1) is 0 Å². The number of hydrogen-bond donors (Lipinski definition) is 0. The number of hydrogen-bond acceptors (Lipinski definition) is 3. The van der Waals surface area contributed by atoms with Crippen LogP contribution in [-0.4, -0.2) is 16.4 Å². The zero-order valence-electron chi connectivity index (χ0n) is 19.8. The topological polar surface area (TPSA) is 37.6 Å². The molecule has 0 atom stereocenters. The first-order valence-corrected chi connectivity index (χ1v) is 11.0. The molecule has 3 heteroatoms. The quantitative estimate of drug-likeness (QED) is 0.380. The van der Waals surface area contributed by atoms with Crippen LogP contribution in [0.4, 0.5) is 11.4 Å². The molecule has 1 aromatic heterocycles. The van der Waals surface area contributed by atoms with Crippen LogP contribution in [0.3, 0.4) is 0 Å². The molecular weight excluding hydrogens is 378 g/mol. The maximum absolute atomic E-state index is 5.11. The number of aryl methyl sites for hydroxylation is 1. The summed E-state index contributed by atoms with van der Waals surface area (Å²) >= 11 is 0. The van der Waals surface area contributed by atoms with Gasteiger partial charge in [0.25, 0.3) is 0 Å². The Balaban J connectivity index is 2.07. The first-order chi connectivity index (χ1) is 14.8. The highest BCUT2D eigenvalue weighted by molar-refractivity contribution is 6.02. The van der Waals surface area contributed by atoms with Crippen molar-refractivity contribution in [2.24, 2.45) is 9.98 Å². The zero-order chi connectivity index (χ0) is 22.5. The van der Waals surface area contributed by atoms with E-state index in [2.05, 4.69) is 71.9 Å². The molecule has 0 spiro atoms. The van der Waals surface area contributed by atoms with Crippen LogP contribution in [0.25, 0.3) is 0 Å². The van der Waals surface area contributed by atoms with E-state index in [0.29, 0.717) is 11.8 Å². The average Bonchev–Trinajstić information content (AvgIpc) is 2.73. The van der Waals surface area contributed by atoms with E-state index >= 15 is 0 Å². The van der Waals surface area contributed by atoms with Crippen molar-refractivity contribution < 1.29 is 0 Å². The summed E-state index contributed by atoms with van der Waals surface area (Å²) in [7, 11) is 0. The zero-order valence-corrected chi connectivity index (χ0v) is 19.8. The molecule has 0 saturated heterocycles. The van der Waals surface area contributed by atoms with Gasteiger partial charge in [-0.05, 0) is 73.6 Å². The summed E-state index contributed by atoms with van der Waals surface area (Å²) in [6.45, 7) is 15.0. The molecule has 0 unspecified atom stereocenters. The van der Waals surface area contributed by atoms with E-state index in [9.17, 15) is 0 Å². The Labute approximate surface area is 187 Å². The first kappa shape index (κ1) is 22.6. The first-order valence-electron chi connectivity index (χ1n) is 11.0. The van der Waals surface area contributed by atoms with E-state index in [4.69, 9.17) is 15.0 Å². The molecule has 0 saturated carbocycles. The van der Waals surface area contributed by atoms with Gasteiger partial charge in [0.15, 0.2) is 0 Å². The second kappa shape index (κ2) is 9.82. The van der Waals surface area contributed by atoms with Crippen molar-refractivity contribution in [3.05, 3.63) is 88.7 Å². The van der Waals surface area contributed by atoms with Gasteiger partial charge in [-0.25, -0.2) is 4.98 Å². The van der Waals surface area contributed by atoms with Crippen LogP contribution in [0.15, 0.2) is 70.6 Å². The fourth-order valence-corrected chi connectivity index (χ4v) is 3.66. The van der Waals surface area contributed by atoms with Crippen molar-refractivity contribution in [1.82, 2.24) is 4.98 Å². The number of pyridine rings is 1. The molecule has 3 nitrogen and oxygen atoms in total. The summed E-state index contributed by atoms with van der Waals surface area (Å²) in [6, 6.07) is 20.7. The third-order valence-electron chi connectivity index (χ3n) is 5.39. The van der Waals surface area contributed by atoms with Gasteiger partial charge < -0.3 is 0 Å². The van der Waals surface area contributed by atoms with Gasteiger partial charge >= 0.3 is 0 Å². The van der Waals surface area contributed by atoms with Crippen molar-refractivity contribution in [3.8, 4) is 0 Å². The Bertz CT molecular complexity index is 1080. The molecule has 0 fully saturated rings. The Morgan fingerprint density at radius 3 is 1.74 bits per heavy atom. The molecule has 0 aliphatic rings. The third kappa shape index (κ3) is 5.55. The maximum atomic E-state index is 5.11. The number of benzene rings is 2. The van der Waals surface area contributed by atoms with Crippen LogP contribution >= 0.6 is 0 Å². The van der Waals surface area contributed by atoms with Crippen LogP contribution in [-0.2, 0) is 0 Å². The Morgan fingerprint density at radius 1 is 0.710 bits per heavy atom. The standard InChI is InChI=1S/C28H33N3/c1-18(2)24-14-11-15-25(19(3)4)28(24)30-22(7)27-17-20(5)16-26(31-27)21(6)29-23-12-9-8-10-13-23/h8-19H,1-7H3/b29-21+,30-22+. The lowest BCUT2D eigenvalue weighted by Crippen LogP contribution is -2.07. The predicted molar refractivity (Wildman–Crippen MR) is 134 cm³/mol. The van der Waals surface area contributed by atoms with Crippen molar-refractivity contribution in [1.29, 1.82) is 0 Å². The summed E-state index contributed by atoms with van der Waals surface area (Å²) in [5.41, 5.74) is 9.33. The van der Waals surface area contributed by atoms with E-state index in [1.165, 1.54) is 11.1 Å². The minimum atomic E-state index is 0.409. The van der Waals surface area contributed by atoms with Crippen molar-refractivity contribution >= 4 is 22.8 Å². The van der Waals surface area contributed by atoms with Gasteiger partial charge in [-0.1, -0.05) is 64.1 Å². The van der Waals surface area contributed by atoms with Crippen molar-refractivity contribution in [2.75, 3.05) is 0 Å². The molecule has 1 heterocycles. The monoisotopic (exact) mass is 411 g/mol. The number of rotatable bonds is 6. The summed E-state index contributed by atoms with van der Waals surface area (Å²) in [5, 5.41) is 0. The van der Waals surface area contributed by atoms with Crippen LogP contribution < -0.4 is 0 Å². The lowest BCUT2D eigenvalue weighted by molar-refractivity contribution is 0.834. The maximum Gasteiger partial charge on any atom is 0.0852 e. The molecule has 0 bridgehead atoms. The third-order valence-corrected chi connectivity index (χ3v) is 5.39. The molecule has 31 heavy (non-hydrogen) atoms. The van der Waals surface area contributed by atoms with Crippen molar-refractivity contribution in [2.45, 2.75) is 60.3 Å². The molecule has 0 amide bonds. The number of para-hydroxylation sites is 2. The van der Waals surface area contributed by atoms with Crippen LogP contribution in [0.1, 0.15) is 81.5 Å². The molecule has 0 aliphatic heterocycles. The van der Waals surface area contributed by atoms with Gasteiger partial charge in [0.1, 0.15) is 0 Å². The van der Waals surface area contributed by atoms with E-state index in [1.807, 2.05) is 37.3 Å². The Hall–Kier alpha value is -3.07. The molecule has 2 aromatic carbocycles. The summed E-state index contributed by atoms with van der Waals surface area (Å²) < 4.78 is 0. The number of nitrogens with zero attached hydrogens (tertiary/aromatic N) is 3. The Morgan fingerprint density at radius 2 is 1.23 bits per heavy atom. The largest absolute Gasteiger partial charge is 0.252 e. The highest BCUT2D eigenvalue weighted by Gasteiger charge is 2.14. The van der Waals surface area contributed by atoms with E-state index in [1.54, 1.807) is 0 Å². The molecule has 3 rings (SSSR count). The van der Waals surface area contributed by atoms with Crippen LogP contribution in [0.2, 0.25) is 0 Å². The SMILES string of the molecule is C/C(=N\c1ccccc1)c1cc(C)cc(/C(C)=N/c2c(C(C)C)cccc2C(C)C)n1. The van der Waals surface area contributed by atoms with Gasteiger partial charge in [-0.3, -0.25) is 9.98 Å². The van der Waals surface area contributed by atoms with Gasteiger partial charge in [0.2, 0.25) is 0 Å². The minimum Gasteiger partial charge on any atom is -0.252 e. The van der Waals surface area contributed by atoms with E-state index in [0.717, 1.165) is 39.7 Å². The predicted octanol–water partition coefficient (Wildman–Crippen LogP) is 7.92. The summed E-state index contributed by atoms with van der Waals surface area (Å²) in [4.78, 5) is 14.8. The van der Waals surface area contributed by atoms with Gasteiger partial charge in [-0.2, -0.15) is 0 Å². The van der Waals surface area contributed by atoms with E-state index in [-0.39, 0.29) is 0 Å². The van der Waals surface area contributed by atoms with Crippen LogP contribution in [0.5, 0.6) is 0 Å². The average molecular weight is 412 g/mol. The van der Waals surface area contributed by atoms with Crippen molar-refractivity contribution in [3.63, 3.8) is 0 Å². The number of aliphatic imine (C=N–C) groups is 2. The molecule has 160 valence electrons. The molecule has 0 N–H and O–H groups in total. The Kier molecular flexibility index (Phi) is 7.17. The fraction of sp³-hybridized carbons (Fsp3) is 0.321. The fourth-order valence-electron chi connectivity index (χ4n) is 3.66. The smallest absolute Gasteiger partial charge is 0.0852 e. The lowest BCUT2D eigenvalue weighted by Gasteiger charge is -2.17. The highest BCUT2D eigenvalue weighted by atomic mass is 14.8. The molecule has 0 aliphatic carbocycles. The van der Waals surface area contributed by atoms with Gasteiger partial charge in [0.05, 0.1) is 34.2 Å². The number of aromatic nitrogens is 1. The second-order valence-corrected chi connectivity index (χ2v) is 8.74. The molecule has 3 aromatic rings.